The van der Waals surface area contributed by atoms with E-state index in [0.717, 1.165) is 30.4 Å². The molecule has 0 radical (unpaired) electrons. The van der Waals surface area contributed by atoms with E-state index in [9.17, 15) is 14.0 Å². The van der Waals surface area contributed by atoms with Crippen LogP contribution in [0.2, 0.25) is 0 Å². The highest BCUT2D eigenvalue weighted by molar-refractivity contribution is 5.92. The molecule has 244 valence electrons. The topological polar surface area (TPSA) is 61.8 Å². The van der Waals surface area contributed by atoms with Gasteiger partial charge in [-0.25, -0.2) is 14.0 Å². The monoisotopic (exact) mass is 618 g/mol. The number of esters is 2. The lowest BCUT2D eigenvalue weighted by atomic mass is 10.0. The fraction of sp³-hybridized carbons (Fsp3) is 0.487. The van der Waals surface area contributed by atoms with Crippen molar-refractivity contribution in [1.29, 1.82) is 0 Å². The summed E-state index contributed by atoms with van der Waals surface area (Å²) in [5, 5.41) is 0. The Morgan fingerprint density at radius 3 is 1.76 bits per heavy atom. The van der Waals surface area contributed by atoms with E-state index in [1.54, 1.807) is 30.3 Å². The summed E-state index contributed by atoms with van der Waals surface area (Å²) in [6.07, 6.45) is 16.2. The lowest BCUT2D eigenvalue weighted by Crippen LogP contribution is -2.11. The van der Waals surface area contributed by atoms with E-state index < -0.39 is 11.8 Å². The Kier molecular flexibility index (Phi) is 16.2. The van der Waals surface area contributed by atoms with Crippen molar-refractivity contribution in [2.45, 2.75) is 104 Å². The van der Waals surface area contributed by atoms with Crippen LogP contribution in [0, 0.1) is 11.7 Å². The number of benzene rings is 3. The normalized spacial score (nSPS) is 11.6. The smallest absolute Gasteiger partial charge is 0.346 e. The van der Waals surface area contributed by atoms with E-state index >= 15 is 0 Å². The Morgan fingerprint density at radius 1 is 0.667 bits per heavy atom. The minimum Gasteiger partial charge on any atom is -0.493 e. The first kappa shape index (κ1) is 35.8. The van der Waals surface area contributed by atoms with Gasteiger partial charge in [0.1, 0.15) is 17.3 Å². The highest BCUT2D eigenvalue weighted by atomic mass is 19.1. The molecule has 0 aliphatic carbocycles. The average molecular weight is 619 g/mol. The minimum atomic E-state index is -0.770. The predicted octanol–water partition coefficient (Wildman–Crippen LogP) is 11.0. The summed E-state index contributed by atoms with van der Waals surface area (Å²) in [6.45, 7) is 7.28. The van der Waals surface area contributed by atoms with E-state index in [0.29, 0.717) is 36.2 Å². The average Bonchev–Trinajstić information content (AvgIpc) is 3.06. The minimum absolute atomic E-state index is 0.146. The second-order valence-electron chi connectivity index (χ2n) is 12.0. The standard InChI is InChI=1S/C39H51FO5/c1-4-6-7-8-9-10-11-12-13-14-15-16-27-43-35-25-26-36(37(40)28-35)39(42)45-34-23-21-32(22-24-34)31-17-19-33(20-18-31)38(41)44-29-30(3)5-2/h17-26,28,30H,4-16,27,29H2,1-3H3. The maximum absolute atomic E-state index is 14.7. The van der Waals surface area contributed by atoms with Crippen LogP contribution in [0.4, 0.5) is 4.39 Å². The van der Waals surface area contributed by atoms with E-state index in [-0.39, 0.29) is 11.5 Å². The molecule has 0 aliphatic heterocycles. The molecule has 0 saturated heterocycles. The van der Waals surface area contributed by atoms with Gasteiger partial charge < -0.3 is 14.2 Å². The number of hydrogen-bond acceptors (Lipinski definition) is 5. The lowest BCUT2D eigenvalue weighted by Gasteiger charge is -2.10. The van der Waals surface area contributed by atoms with Gasteiger partial charge in [0.05, 0.1) is 24.3 Å². The molecule has 0 fully saturated rings. The third-order valence-corrected chi connectivity index (χ3v) is 8.14. The van der Waals surface area contributed by atoms with Gasteiger partial charge in [0.2, 0.25) is 0 Å². The van der Waals surface area contributed by atoms with E-state index in [1.807, 2.05) is 31.2 Å². The third kappa shape index (κ3) is 13.1. The summed E-state index contributed by atoms with van der Waals surface area (Å²) in [5.74, 6) is -0.744. The Bertz CT molecular complexity index is 1290. The molecule has 0 spiro atoms. The van der Waals surface area contributed by atoms with Crippen molar-refractivity contribution < 1.29 is 28.2 Å². The zero-order valence-corrected chi connectivity index (χ0v) is 27.5. The molecule has 45 heavy (non-hydrogen) atoms. The third-order valence-electron chi connectivity index (χ3n) is 8.14. The number of carbonyl (C=O) groups excluding carboxylic acids is 2. The molecule has 0 aromatic heterocycles. The number of rotatable bonds is 21. The van der Waals surface area contributed by atoms with Crippen LogP contribution in [0.25, 0.3) is 11.1 Å². The van der Waals surface area contributed by atoms with Crippen LogP contribution < -0.4 is 9.47 Å². The Morgan fingerprint density at radius 2 is 1.20 bits per heavy atom. The molecule has 0 heterocycles. The lowest BCUT2D eigenvalue weighted by molar-refractivity contribution is 0.0447. The molecular weight excluding hydrogens is 567 g/mol. The van der Waals surface area contributed by atoms with Crippen molar-refractivity contribution >= 4 is 11.9 Å². The van der Waals surface area contributed by atoms with Crippen molar-refractivity contribution in [3.63, 3.8) is 0 Å². The first-order valence-corrected chi connectivity index (χ1v) is 16.9. The number of hydrogen-bond donors (Lipinski definition) is 0. The molecule has 5 nitrogen and oxygen atoms in total. The summed E-state index contributed by atoms with van der Waals surface area (Å²) in [6, 6.07) is 18.3. The molecule has 1 atom stereocenters. The van der Waals surface area contributed by atoms with Crippen molar-refractivity contribution in [3.05, 3.63) is 83.7 Å². The summed E-state index contributed by atoms with van der Waals surface area (Å²) in [7, 11) is 0. The number of carbonyl (C=O) groups is 2. The molecule has 0 amide bonds. The van der Waals surface area contributed by atoms with Gasteiger partial charge in [-0.15, -0.1) is 0 Å². The van der Waals surface area contributed by atoms with Crippen LogP contribution in [0.1, 0.15) is 125 Å². The van der Waals surface area contributed by atoms with Crippen LogP contribution >= 0.6 is 0 Å². The van der Waals surface area contributed by atoms with Gasteiger partial charge in [0.25, 0.3) is 0 Å². The Labute approximate surface area is 269 Å². The zero-order valence-electron chi connectivity index (χ0n) is 27.5. The molecule has 3 aromatic carbocycles. The molecule has 1 unspecified atom stereocenters. The summed E-state index contributed by atoms with van der Waals surface area (Å²) in [5.41, 5.74) is 2.13. The fourth-order valence-corrected chi connectivity index (χ4v) is 4.98. The molecule has 6 heteroatoms. The Balaban J connectivity index is 1.37. The molecule has 3 rings (SSSR count). The second kappa shape index (κ2) is 20.4. The van der Waals surface area contributed by atoms with E-state index in [2.05, 4.69) is 13.8 Å². The first-order chi connectivity index (χ1) is 21.9. The van der Waals surface area contributed by atoms with Crippen molar-refractivity contribution in [2.24, 2.45) is 5.92 Å². The molecule has 0 bridgehead atoms. The van der Waals surface area contributed by atoms with Gasteiger partial charge in [0.15, 0.2) is 0 Å². The molecule has 0 aliphatic rings. The number of halogens is 1. The van der Waals surface area contributed by atoms with Gasteiger partial charge in [-0.05, 0) is 59.9 Å². The maximum Gasteiger partial charge on any atom is 0.346 e. The molecule has 0 saturated carbocycles. The van der Waals surface area contributed by atoms with Gasteiger partial charge in [-0.1, -0.05) is 122 Å². The SMILES string of the molecule is CCCCCCCCCCCCCCOc1ccc(C(=O)Oc2ccc(-c3ccc(C(=O)OCC(C)CC)cc3)cc2)c(F)c1. The van der Waals surface area contributed by atoms with Gasteiger partial charge in [-0.3, -0.25) is 0 Å². The summed E-state index contributed by atoms with van der Waals surface area (Å²) >= 11 is 0. The zero-order chi connectivity index (χ0) is 32.3. The van der Waals surface area contributed by atoms with Gasteiger partial charge in [0, 0.05) is 6.07 Å². The quantitative estimate of drug-likeness (QED) is 0.0675. The van der Waals surface area contributed by atoms with Crippen molar-refractivity contribution in [3.8, 4) is 22.6 Å². The van der Waals surface area contributed by atoms with E-state index in [4.69, 9.17) is 14.2 Å². The largest absolute Gasteiger partial charge is 0.493 e. The highest BCUT2D eigenvalue weighted by Crippen LogP contribution is 2.25. The van der Waals surface area contributed by atoms with Gasteiger partial charge in [-0.2, -0.15) is 0 Å². The number of ether oxygens (including phenoxy) is 3. The molecule has 0 N–H and O–H groups in total. The molecule has 3 aromatic rings. The van der Waals surface area contributed by atoms with Crippen LogP contribution in [0.5, 0.6) is 11.5 Å². The van der Waals surface area contributed by atoms with Crippen LogP contribution in [0.3, 0.4) is 0 Å². The fourth-order valence-electron chi connectivity index (χ4n) is 4.98. The predicted molar refractivity (Wildman–Crippen MR) is 180 cm³/mol. The van der Waals surface area contributed by atoms with Crippen LogP contribution in [-0.4, -0.2) is 25.2 Å². The maximum atomic E-state index is 14.7. The molecular formula is C39H51FO5. The first-order valence-electron chi connectivity index (χ1n) is 16.9. The Hall–Kier alpha value is -3.67. The summed E-state index contributed by atoms with van der Waals surface area (Å²) in [4.78, 5) is 24.9. The van der Waals surface area contributed by atoms with Crippen LogP contribution in [-0.2, 0) is 4.74 Å². The van der Waals surface area contributed by atoms with Gasteiger partial charge >= 0.3 is 11.9 Å². The van der Waals surface area contributed by atoms with Crippen molar-refractivity contribution in [1.82, 2.24) is 0 Å². The van der Waals surface area contributed by atoms with Crippen LogP contribution in [0.15, 0.2) is 66.7 Å². The van der Waals surface area contributed by atoms with E-state index in [1.165, 1.54) is 76.3 Å². The summed E-state index contributed by atoms with van der Waals surface area (Å²) < 4.78 is 31.2. The highest BCUT2D eigenvalue weighted by Gasteiger charge is 2.16. The van der Waals surface area contributed by atoms with Crippen molar-refractivity contribution in [2.75, 3.05) is 13.2 Å². The number of unbranched alkanes of at least 4 members (excludes halogenated alkanes) is 11. The second-order valence-corrected chi connectivity index (χ2v) is 12.0.